The normalized spacial score (nSPS) is 12.2. The van der Waals surface area contributed by atoms with Crippen molar-refractivity contribution in [2.45, 2.75) is 45.2 Å². The quantitative estimate of drug-likeness (QED) is 0.0309. The predicted molar refractivity (Wildman–Crippen MR) is 266 cm³/mol. The Balaban J connectivity index is 0.000000218. The zero-order chi connectivity index (χ0) is 49.7. The number of hydrogen-bond donors (Lipinski definition) is 0. The SMILES string of the molecule is CCCCCCc1ccsc1-c1ccnc(-c2cc(C(F)(F)F)n[n-]2)c1.O=COc1ccnc(-c2cc(OC=O)cc(-c3cc(-c4sc(-c5scc6c5OCCO6)c5c4OCCO5)ccn3)n2)c1.[N-]=C=S.[Ru+2]. The van der Waals surface area contributed by atoms with E-state index < -0.39 is 11.9 Å². The summed E-state index contributed by atoms with van der Waals surface area (Å²) in [6, 6.07) is 16.8. The molecule has 15 nitrogen and oxygen atoms in total. The summed E-state index contributed by atoms with van der Waals surface area (Å²) in [6.07, 6.45) is 6.05. The number of carbonyl (C=O) groups is 2. The van der Waals surface area contributed by atoms with Crippen LogP contribution < -0.4 is 33.5 Å². The number of unbranched alkanes of at least 4 members (excludes halogenated alkanes) is 3. The summed E-state index contributed by atoms with van der Waals surface area (Å²) in [6.45, 7) is 4.70. The van der Waals surface area contributed by atoms with E-state index in [0.29, 0.717) is 90.8 Å². The molecule has 23 heteroatoms. The molecule has 0 radical (unpaired) electrons. The fourth-order valence-electron chi connectivity index (χ4n) is 7.39. The summed E-state index contributed by atoms with van der Waals surface area (Å²) < 4.78 is 72.2. The number of alkyl halides is 3. The van der Waals surface area contributed by atoms with Gasteiger partial charge in [0.05, 0.1) is 43.1 Å². The molecule has 370 valence electrons. The van der Waals surface area contributed by atoms with Crippen molar-refractivity contribution in [1.29, 1.82) is 0 Å². The van der Waals surface area contributed by atoms with Crippen LogP contribution in [-0.4, -0.2) is 69.6 Å². The maximum atomic E-state index is 12.7. The molecule has 0 saturated heterocycles. The molecular formula is C49H38F3N7O8RuS4. The second-order valence-electron chi connectivity index (χ2n) is 15.1. The number of pyridine rings is 4. The van der Waals surface area contributed by atoms with Gasteiger partial charge in [0.15, 0.2) is 23.0 Å². The summed E-state index contributed by atoms with van der Waals surface area (Å²) in [4.78, 5) is 43.6. The third-order valence-electron chi connectivity index (χ3n) is 10.5. The number of aryl methyl sites for hydroxylation is 1. The van der Waals surface area contributed by atoms with Gasteiger partial charge in [-0.25, -0.2) is 4.98 Å². The third-order valence-corrected chi connectivity index (χ3v) is 13.8. The summed E-state index contributed by atoms with van der Waals surface area (Å²) in [5, 5.41) is 19.3. The maximum Gasteiger partial charge on any atom is 2.00 e. The Morgan fingerprint density at radius 1 is 0.722 bits per heavy atom. The van der Waals surface area contributed by atoms with Gasteiger partial charge in [-0.05, 0) is 77.4 Å². The van der Waals surface area contributed by atoms with Gasteiger partial charge in [0.2, 0.25) is 0 Å². The summed E-state index contributed by atoms with van der Waals surface area (Å²) in [5.74, 6) is 3.31. The Hall–Kier alpha value is -6.74. The van der Waals surface area contributed by atoms with Crippen LogP contribution in [0, 0.1) is 0 Å². The van der Waals surface area contributed by atoms with E-state index in [2.05, 4.69) is 55.7 Å². The van der Waals surface area contributed by atoms with Gasteiger partial charge in [-0.1, -0.05) is 44.1 Å². The van der Waals surface area contributed by atoms with Crippen LogP contribution in [0.4, 0.5) is 13.2 Å². The first-order chi connectivity index (χ1) is 34.6. The Kier molecular flexibility index (Phi) is 18.5. The number of hydrogen-bond acceptors (Lipinski definition) is 17. The van der Waals surface area contributed by atoms with Gasteiger partial charge in [-0.3, -0.25) is 24.5 Å². The molecule has 8 aromatic rings. The number of fused-ring (bicyclic) bond motifs is 2. The van der Waals surface area contributed by atoms with E-state index in [0.717, 1.165) is 55.3 Å². The molecule has 0 N–H and O–H groups in total. The molecule has 2 aliphatic heterocycles. The van der Waals surface area contributed by atoms with Crippen LogP contribution in [0.3, 0.4) is 0 Å². The number of thiocarbonyl (C=S) groups is 1. The zero-order valence-electron chi connectivity index (χ0n) is 37.7. The fraction of sp³-hybridized carbons (Fsp3) is 0.224. The van der Waals surface area contributed by atoms with Gasteiger partial charge >= 0.3 is 25.7 Å². The van der Waals surface area contributed by atoms with Gasteiger partial charge in [0.25, 0.3) is 12.9 Å². The number of halogens is 3. The van der Waals surface area contributed by atoms with Crippen LogP contribution in [0.15, 0.2) is 90.0 Å². The van der Waals surface area contributed by atoms with Crippen LogP contribution in [0.25, 0.3) is 70.2 Å². The third kappa shape index (κ3) is 12.6. The van der Waals surface area contributed by atoms with Crippen molar-refractivity contribution in [3.8, 4) is 99.3 Å². The van der Waals surface area contributed by atoms with Gasteiger partial charge < -0.3 is 44.0 Å². The standard InChI is InChI=1S/C29H19N3O8S2.C19H19F3N3S.CNS.Ru/c33-14-39-17-2-4-31-20(10-17)22-12-18(40-15-34)11-21(32-22)19-9-16(1-3-30-19)27-25-26(38-8-7-37-25)29(42-27)28-24-23(13-41-28)35-5-6-36-24;1-2-3-4-5-6-13-8-10-26-18(13)14-7-9-23-15(11-14)16-12-17(25-24-16)19(20,21)22;2-1-3;/h1-4,9-15H,5-8H2;7-12H,2-6H2,1H3;;/q;2*-1;+2. The van der Waals surface area contributed by atoms with E-state index in [1.54, 1.807) is 54.1 Å². The van der Waals surface area contributed by atoms with Crippen LogP contribution >= 0.6 is 46.2 Å². The van der Waals surface area contributed by atoms with Crippen molar-refractivity contribution in [1.82, 2.24) is 30.1 Å². The van der Waals surface area contributed by atoms with E-state index in [1.165, 1.54) is 58.9 Å². The van der Waals surface area contributed by atoms with Crippen molar-refractivity contribution in [3.63, 3.8) is 0 Å². The van der Waals surface area contributed by atoms with E-state index in [1.807, 2.05) is 23.6 Å². The molecule has 0 aliphatic carbocycles. The Bertz CT molecular complexity index is 3170. The minimum absolute atomic E-state index is 0. The largest absolute Gasteiger partial charge is 2.00 e. The molecule has 2 aliphatic rings. The second kappa shape index (κ2) is 25.1. The van der Waals surface area contributed by atoms with Crippen molar-refractivity contribution in [3.05, 3.63) is 107 Å². The number of aromatic nitrogens is 6. The first kappa shape index (κ1) is 53.1. The predicted octanol–water partition coefficient (Wildman–Crippen LogP) is 11.9. The van der Waals surface area contributed by atoms with Gasteiger partial charge in [0, 0.05) is 47.0 Å². The second-order valence-corrected chi connectivity index (χ2v) is 18.1. The Morgan fingerprint density at radius 3 is 2.00 bits per heavy atom. The van der Waals surface area contributed by atoms with Gasteiger partial charge in [-0.2, -0.15) is 18.3 Å². The summed E-state index contributed by atoms with van der Waals surface area (Å²) in [5.41, 5.74) is 4.38. The molecule has 0 spiro atoms. The number of thiophene rings is 3. The maximum absolute atomic E-state index is 12.7. The molecule has 0 saturated carbocycles. The summed E-state index contributed by atoms with van der Waals surface area (Å²) in [7, 11) is 0. The molecule has 10 rings (SSSR count). The van der Waals surface area contributed by atoms with E-state index in [4.69, 9.17) is 38.8 Å². The van der Waals surface area contributed by atoms with Crippen molar-refractivity contribution in [2.75, 3.05) is 26.4 Å². The van der Waals surface area contributed by atoms with E-state index in [-0.39, 0.29) is 30.9 Å². The molecule has 8 aromatic heterocycles. The van der Waals surface area contributed by atoms with Crippen LogP contribution in [0.1, 0.15) is 43.9 Å². The van der Waals surface area contributed by atoms with Crippen LogP contribution in [-0.2, 0) is 41.7 Å². The van der Waals surface area contributed by atoms with Crippen LogP contribution in [0.5, 0.6) is 34.5 Å². The Labute approximate surface area is 440 Å². The average Bonchev–Trinajstić information content (AvgIpc) is 4.23. The molecule has 0 bridgehead atoms. The topological polar surface area (TPSA) is 190 Å². The average molecular weight is 1140 g/mol. The molecule has 0 unspecified atom stereocenters. The van der Waals surface area contributed by atoms with Gasteiger partial charge in [0.1, 0.15) is 43.6 Å². The number of rotatable bonds is 15. The van der Waals surface area contributed by atoms with Crippen molar-refractivity contribution < 1.29 is 70.7 Å². The minimum atomic E-state index is -4.50. The van der Waals surface area contributed by atoms with Gasteiger partial charge in [-0.15, -0.1) is 34.0 Å². The Morgan fingerprint density at radius 2 is 1.32 bits per heavy atom. The van der Waals surface area contributed by atoms with Crippen molar-refractivity contribution >= 4 is 64.3 Å². The molecule has 0 aromatic carbocycles. The van der Waals surface area contributed by atoms with Crippen molar-refractivity contribution in [2.24, 2.45) is 0 Å². The van der Waals surface area contributed by atoms with E-state index in [9.17, 15) is 22.8 Å². The molecular weight excluding hydrogens is 1100 g/mol. The van der Waals surface area contributed by atoms with Crippen LogP contribution in [0.2, 0.25) is 0 Å². The first-order valence-electron chi connectivity index (χ1n) is 21.7. The number of isothiocyanates is 1. The first-order valence-corrected chi connectivity index (χ1v) is 24.7. The monoisotopic (exact) mass is 1140 g/mol. The fourth-order valence-corrected chi connectivity index (χ4v) is 10.6. The molecule has 0 atom stereocenters. The minimum Gasteiger partial charge on any atom is -0.753 e. The molecule has 0 fully saturated rings. The smallest absolute Gasteiger partial charge is 0.753 e. The number of ether oxygens (including phenoxy) is 6. The molecule has 0 amide bonds. The summed E-state index contributed by atoms with van der Waals surface area (Å²) >= 11 is 8.40. The van der Waals surface area contributed by atoms with E-state index >= 15 is 0 Å². The number of carbonyl (C=O) groups excluding carboxylic acids is 2. The zero-order valence-corrected chi connectivity index (χ0v) is 42.7. The molecule has 10 heterocycles. The number of nitrogens with zero attached hydrogens (tertiary/aromatic N) is 7. The molecule has 72 heavy (non-hydrogen) atoms.